The van der Waals surface area contributed by atoms with Crippen LogP contribution < -0.4 is 10.6 Å². The molecule has 2 rings (SSSR count). The summed E-state index contributed by atoms with van der Waals surface area (Å²) in [6.07, 6.45) is -0.594. The van der Waals surface area contributed by atoms with Crippen LogP contribution in [0.2, 0.25) is 0 Å². The molecule has 6 heteroatoms. The number of alkyl carbamates (subject to hydrolysis) is 1. The van der Waals surface area contributed by atoms with E-state index in [1.165, 1.54) is 0 Å². The van der Waals surface area contributed by atoms with Gasteiger partial charge in [0.2, 0.25) is 0 Å². The molecule has 0 bridgehead atoms. The third-order valence-corrected chi connectivity index (χ3v) is 3.05. The van der Waals surface area contributed by atoms with Crippen molar-refractivity contribution in [2.75, 3.05) is 13.1 Å². The molecule has 1 fully saturated rings. The predicted molar refractivity (Wildman–Crippen MR) is 67.5 cm³/mol. The highest BCUT2D eigenvalue weighted by molar-refractivity contribution is 5.74. The molecule has 0 aliphatic carbocycles. The largest absolute Gasteiger partial charge is 0.481 e. The maximum absolute atomic E-state index is 11.6. The van der Waals surface area contributed by atoms with Gasteiger partial charge in [-0.25, -0.2) is 4.79 Å². The summed E-state index contributed by atoms with van der Waals surface area (Å²) in [7, 11) is 0. The Morgan fingerprint density at radius 2 is 2.05 bits per heavy atom. The molecule has 1 heterocycles. The Morgan fingerprint density at radius 3 is 2.74 bits per heavy atom. The van der Waals surface area contributed by atoms with Gasteiger partial charge in [0, 0.05) is 13.1 Å². The fourth-order valence-electron chi connectivity index (χ4n) is 2.01. The van der Waals surface area contributed by atoms with Crippen LogP contribution in [0.5, 0.6) is 0 Å². The molecule has 0 spiro atoms. The van der Waals surface area contributed by atoms with E-state index in [0.29, 0.717) is 13.1 Å². The number of ether oxygens (including phenoxy) is 1. The zero-order valence-electron chi connectivity index (χ0n) is 10.3. The summed E-state index contributed by atoms with van der Waals surface area (Å²) in [5, 5.41) is 14.5. The SMILES string of the molecule is O=C(N[C@@H]1CNC[C@H]1C(=O)O)OCc1ccccc1. The van der Waals surface area contributed by atoms with Gasteiger partial charge < -0.3 is 20.5 Å². The molecule has 1 aliphatic heterocycles. The summed E-state index contributed by atoms with van der Waals surface area (Å²) < 4.78 is 5.05. The van der Waals surface area contributed by atoms with Crippen molar-refractivity contribution in [1.29, 1.82) is 0 Å². The molecule has 0 saturated carbocycles. The normalized spacial score (nSPS) is 21.9. The number of benzene rings is 1. The molecule has 0 radical (unpaired) electrons. The minimum Gasteiger partial charge on any atom is -0.481 e. The van der Waals surface area contributed by atoms with Crippen LogP contribution in [0.15, 0.2) is 30.3 Å². The summed E-state index contributed by atoms with van der Waals surface area (Å²) in [6.45, 7) is 0.973. The summed E-state index contributed by atoms with van der Waals surface area (Å²) in [5.74, 6) is -1.53. The molecular formula is C13H16N2O4. The fourth-order valence-corrected chi connectivity index (χ4v) is 2.01. The minimum atomic E-state index is -0.918. The van der Waals surface area contributed by atoms with Crippen LogP contribution in [0.3, 0.4) is 0 Å². The van der Waals surface area contributed by atoms with Crippen molar-refractivity contribution >= 4 is 12.1 Å². The molecule has 2 atom stereocenters. The first-order chi connectivity index (χ1) is 9.16. The van der Waals surface area contributed by atoms with Crippen molar-refractivity contribution in [3.63, 3.8) is 0 Å². The third kappa shape index (κ3) is 3.69. The molecule has 0 unspecified atom stereocenters. The van der Waals surface area contributed by atoms with Gasteiger partial charge in [-0.2, -0.15) is 0 Å². The second-order valence-electron chi connectivity index (χ2n) is 4.42. The van der Waals surface area contributed by atoms with E-state index in [2.05, 4.69) is 10.6 Å². The second kappa shape index (κ2) is 6.19. The summed E-state index contributed by atoms with van der Waals surface area (Å²) in [6, 6.07) is 8.87. The summed E-state index contributed by atoms with van der Waals surface area (Å²) in [5.41, 5.74) is 0.886. The van der Waals surface area contributed by atoms with E-state index in [1.807, 2.05) is 30.3 Å². The number of carbonyl (C=O) groups is 2. The van der Waals surface area contributed by atoms with Gasteiger partial charge in [-0.05, 0) is 5.56 Å². The average molecular weight is 264 g/mol. The highest BCUT2D eigenvalue weighted by Gasteiger charge is 2.34. The molecule has 0 aromatic heterocycles. The van der Waals surface area contributed by atoms with E-state index in [9.17, 15) is 9.59 Å². The fraction of sp³-hybridized carbons (Fsp3) is 0.385. The van der Waals surface area contributed by atoms with Crippen LogP contribution in [0.1, 0.15) is 5.56 Å². The molecule has 1 aliphatic rings. The first-order valence-corrected chi connectivity index (χ1v) is 6.07. The molecule has 1 aromatic rings. The van der Waals surface area contributed by atoms with Crippen LogP contribution in [0, 0.1) is 5.92 Å². The maximum atomic E-state index is 11.6. The van der Waals surface area contributed by atoms with Crippen LogP contribution in [-0.4, -0.2) is 36.3 Å². The number of aliphatic carboxylic acids is 1. The van der Waals surface area contributed by atoms with Gasteiger partial charge in [0.15, 0.2) is 0 Å². The second-order valence-corrected chi connectivity index (χ2v) is 4.42. The Balaban J connectivity index is 1.80. The zero-order valence-corrected chi connectivity index (χ0v) is 10.3. The van der Waals surface area contributed by atoms with E-state index < -0.39 is 24.0 Å². The highest BCUT2D eigenvalue weighted by Crippen LogP contribution is 2.09. The van der Waals surface area contributed by atoms with E-state index in [0.717, 1.165) is 5.56 Å². The Kier molecular flexibility index (Phi) is 4.35. The molecule has 102 valence electrons. The Bertz CT molecular complexity index is 449. The van der Waals surface area contributed by atoms with Gasteiger partial charge in [0.25, 0.3) is 0 Å². The minimum absolute atomic E-state index is 0.171. The van der Waals surface area contributed by atoms with Crippen molar-refractivity contribution in [1.82, 2.24) is 10.6 Å². The number of hydrogen-bond acceptors (Lipinski definition) is 4. The molecule has 19 heavy (non-hydrogen) atoms. The van der Waals surface area contributed by atoms with Gasteiger partial charge in [-0.1, -0.05) is 30.3 Å². The quantitative estimate of drug-likeness (QED) is 0.740. The van der Waals surface area contributed by atoms with E-state index in [4.69, 9.17) is 9.84 Å². The Labute approximate surface area is 110 Å². The average Bonchev–Trinajstić information content (AvgIpc) is 2.86. The van der Waals surface area contributed by atoms with E-state index in [1.54, 1.807) is 0 Å². The Hall–Kier alpha value is -2.08. The summed E-state index contributed by atoms with van der Waals surface area (Å²) in [4.78, 5) is 22.5. The smallest absolute Gasteiger partial charge is 0.407 e. The molecule has 1 amide bonds. The number of nitrogens with one attached hydrogen (secondary N) is 2. The van der Waals surface area contributed by atoms with Gasteiger partial charge in [-0.3, -0.25) is 4.79 Å². The van der Waals surface area contributed by atoms with Crippen molar-refractivity contribution in [2.24, 2.45) is 5.92 Å². The lowest BCUT2D eigenvalue weighted by Gasteiger charge is -2.16. The number of hydrogen-bond donors (Lipinski definition) is 3. The number of amides is 1. The molecule has 6 nitrogen and oxygen atoms in total. The van der Waals surface area contributed by atoms with Gasteiger partial charge >= 0.3 is 12.1 Å². The lowest BCUT2D eigenvalue weighted by molar-refractivity contribution is -0.141. The van der Waals surface area contributed by atoms with Gasteiger partial charge in [0.05, 0.1) is 12.0 Å². The van der Waals surface area contributed by atoms with E-state index >= 15 is 0 Å². The van der Waals surface area contributed by atoms with Crippen LogP contribution >= 0.6 is 0 Å². The Morgan fingerprint density at radius 1 is 1.32 bits per heavy atom. The zero-order chi connectivity index (χ0) is 13.7. The first-order valence-electron chi connectivity index (χ1n) is 6.07. The number of rotatable bonds is 4. The lowest BCUT2D eigenvalue weighted by atomic mass is 10.0. The van der Waals surface area contributed by atoms with Gasteiger partial charge in [0.1, 0.15) is 6.61 Å². The first kappa shape index (κ1) is 13.4. The predicted octanol–water partition coefficient (Wildman–Crippen LogP) is 0.585. The van der Waals surface area contributed by atoms with Crippen molar-refractivity contribution in [3.8, 4) is 0 Å². The molecular weight excluding hydrogens is 248 g/mol. The van der Waals surface area contributed by atoms with Crippen LogP contribution in [-0.2, 0) is 16.1 Å². The lowest BCUT2D eigenvalue weighted by Crippen LogP contribution is -2.43. The molecule has 3 N–H and O–H groups in total. The third-order valence-electron chi connectivity index (χ3n) is 3.05. The van der Waals surface area contributed by atoms with Crippen molar-refractivity contribution < 1.29 is 19.4 Å². The summed E-state index contributed by atoms with van der Waals surface area (Å²) >= 11 is 0. The standard InChI is InChI=1S/C13H16N2O4/c16-12(17)10-6-14-7-11(10)15-13(18)19-8-9-4-2-1-3-5-9/h1-5,10-11,14H,6-8H2,(H,15,18)(H,16,17)/t10-,11-/m1/s1. The van der Waals surface area contributed by atoms with Crippen LogP contribution in [0.4, 0.5) is 4.79 Å². The van der Waals surface area contributed by atoms with Crippen molar-refractivity contribution in [3.05, 3.63) is 35.9 Å². The number of carbonyl (C=O) groups excluding carboxylic acids is 1. The number of carboxylic acid groups (broad SMARTS) is 1. The van der Waals surface area contributed by atoms with Crippen molar-refractivity contribution in [2.45, 2.75) is 12.6 Å². The molecule has 1 aromatic carbocycles. The van der Waals surface area contributed by atoms with E-state index in [-0.39, 0.29) is 6.61 Å². The number of carboxylic acids is 1. The van der Waals surface area contributed by atoms with Crippen LogP contribution in [0.25, 0.3) is 0 Å². The monoisotopic (exact) mass is 264 g/mol. The topological polar surface area (TPSA) is 87.7 Å². The molecule has 1 saturated heterocycles. The maximum Gasteiger partial charge on any atom is 0.407 e. The highest BCUT2D eigenvalue weighted by atomic mass is 16.5. The van der Waals surface area contributed by atoms with Gasteiger partial charge in [-0.15, -0.1) is 0 Å².